The van der Waals surface area contributed by atoms with Gasteiger partial charge in [0.05, 0.1) is 0 Å². The molecule has 90 valence electrons. The summed E-state index contributed by atoms with van der Waals surface area (Å²) in [6.07, 6.45) is 0. The predicted molar refractivity (Wildman–Crippen MR) is 64.2 cm³/mol. The molecule has 0 bridgehead atoms. The highest BCUT2D eigenvalue weighted by atomic mass is 16.4. The highest BCUT2D eigenvalue weighted by Gasteiger charge is 2.48. The third kappa shape index (κ3) is 1.10. The molecular weight excluding hydrogens is 232 g/mol. The zero-order valence-corrected chi connectivity index (χ0v) is 9.29. The van der Waals surface area contributed by atoms with Gasteiger partial charge < -0.3 is 15.3 Å². The maximum atomic E-state index is 11.4. The largest absolute Gasteiger partial charge is 0.507 e. The molecule has 18 heavy (non-hydrogen) atoms. The molecule has 0 aromatic heterocycles. The molecule has 0 spiro atoms. The van der Waals surface area contributed by atoms with Crippen molar-refractivity contribution in [3.63, 3.8) is 0 Å². The Morgan fingerprint density at radius 2 is 1.67 bits per heavy atom. The summed E-state index contributed by atoms with van der Waals surface area (Å²) >= 11 is 0. The second kappa shape index (κ2) is 3.34. The maximum absolute atomic E-state index is 11.4. The maximum Gasteiger partial charge on any atom is 0.345 e. The molecule has 2 aromatic rings. The van der Waals surface area contributed by atoms with E-state index in [1.54, 1.807) is 24.3 Å². The van der Waals surface area contributed by atoms with Crippen LogP contribution in [0.15, 0.2) is 42.5 Å². The average Bonchev–Trinajstić information content (AvgIpc) is 2.63. The van der Waals surface area contributed by atoms with Crippen LogP contribution in [0, 0.1) is 0 Å². The molecule has 1 atom stereocenters. The van der Waals surface area contributed by atoms with Crippen molar-refractivity contribution in [2.75, 3.05) is 0 Å². The normalized spacial score (nSPS) is 20.3. The molecule has 1 aliphatic rings. The van der Waals surface area contributed by atoms with Gasteiger partial charge in [0.25, 0.3) is 0 Å². The Hall–Kier alpha value is -2.33. The van der Waals surface area contributed by atoms with Crippen LogP contribution in [-0.4, -0.2) is 21.3 Å². The van der Waals surface area contributed by atoms with Crippen LogP contribution in [0.25, 0.3) is 11.1 Å². The summed E-state index contributed by atoms with van der Waals surface area (Å²) in [6.45, 7) is 0. The van der Waals surface area contributed by atoms with Gasteiger partial charge in [0.15, 0.2) is 0 Å². The molecule has 1 unspecified atom stereocenters. The predicted octanol–water partition coefficient (Wildman–Crippen LogP) is 1.69. The second-order valence-electron chi connectivity index (χ2n) is 4.26. The van der Waals surface area contributed by atoms with E-state index in [0.29, 0.717) is 11.1 Å². The van der Waals surface area contributed by atoms with Gasteiger partial charge in [-0.25, -0.2) is 4.79 Å². The van der Waals surface area contributed by atoms with E-state index in [1.807, 2.05) is 0 Å². The van der Waals surface area contributed by atoms with Crippen molar-refractivity contribution in [2.24, 2.45) is 0 Å². The van der Waals surface area contributed by atoms with Gasteiger partial charge >= 0.3 is 5.97 Å². The van der Waals surface area contributed by atoms with Crippen LogP contribution in [0.3, 0.4) is 0 Å². The molecule has 0 saturated carbocycles. The Labute approximate surface area is 103 Å². The zero-order valence-electron chi connectivity index (χ0n) is 9.29. The van der Waals surface area contributed by atoms with Crippen molar-refractivity contribution in [1.29, 1.82) is 0 Å². The lowest BCUT2D eigenvalue weighted by molar-refractivity contribution is -0.154. The van der Waals surface area contributed by atoms with E-state index in [0.717, 1.165) is 0 Å². The Bertz CT molecular complexity index is 663. The highest BCUT2D eigenvalue weighted by Crippen LogP contribution is 2.50. The molecule has 0 aliphatic heterocycles. The van der Waals surface area contributed by atoms with E-state index < -0.39 is 11.6 Å². The van der Waals surface area contributed by atoms with Gasteiger partial charge in [0, 0.05) is 16.7 Å². The van der Waals surface area contributed by atoms with E-state index in [2.05, 4.69) is 0 Å². The van der Waals surface area contributed by atoms with Gasteiger partial charge in [0.2, 0.25) is 5.60 Å². The summed E-state index contributed by atoms with van der Waals surface area (Å²) in [5.74, 6) is -1.38. The average molecular weight is 242 g/mol. The van der Waals surface area contributed by atoms with Gasteiger partial charge in [-0.3, -0.25) is 0 Å². The minimum absolute atomic E-state index is 0.0304. The molecule has 4 heteroatoms. The lowest BCUT2D eigenvalue weighted by Gasteiger charge is -2.20. The van der Waals surface area contributed by atoms with Crippen LogP contribution in [0.5, 0.6) is 5.75 Å². The third-order valence-electron chi connectivity index (χ3n) is 3.33. The molecule has 0 saturated heterocycles. The number of carboxylic acids is 1. The monoisotopic (exact) mass is 242 g/mol. The van der Waals surface area contributed by atoms with Crippen LogP contribution < -0.4 is 0 Å². The molecule has 3 N–H and O–H groups in total. The summed E-state index contributed by atoms with van der Waals surface area (Å²) in [4.78, 5) is 11.4. The van der Waals surface area contributed by atoms with Crippen molar-refractivity contribution in [3.05, 3.63) is 53.6 Å². The van der Waals surface area contributed by atoms with Gasteiger partial charge in [-0.1, -0.05) is 36.4 Å². The summed E-state index contributed by atoms with van der Waals surface area (Å²) < 4.78 is 0. The quantitative estimate of drug-likeness (QED) is 0.711. The first-order valence-corrected chi connectivity index (χ1v) is 5.45. The first-order valence-electron chi connectivity index (χ1n) is 5.45. The van der Waals surface area contributed by atoms with Crippen molar-refractivity contribution < 1.29 is 20.1 Å². The van der Waals surface area contributed by atoms with E-state index >= 15 is 0 Å². The van der Waals surface area contributed by atoms with E-state index in [1.165, 1.54) is 18.2 Å². The molecule has 0 heterocycles. The SMILES string of the molecule is O=C(O)C1(O)c2ccccc2-c2c(O)cccc21. The number of carbonyl (C=O) groups is 1. The summed E-state index contributed by atoms with van der Waals surface area (Å²) in [5.41, 5.74) is -0.663. The van der Waals surface area contributed by atoms with Gasteiger partial charge in [0.1, 0.15) is 5.75 Å². The molecule has 4 nitrogen and oxygen atoms in total. The molecule has 0 amide bonds. The van der Waals surface area contributed by atoms with Crippen molar-refractivity contribution in [2.45, 2.75) is 5.60 Å². The number of carboxylic acid groups (broad SMARTS) is 1. The summed E-state index contributed by atoms with van der Waals surface area (Å²) in [5, 5.41) is 29.7. The first kappa shape index (κ1) is 10.8. The number of aliphatic hydroxyl groups is 1. The van der Waals surface area contributed by atoms with Crippen LogP contribution >= 0.6 is 0 Å². The second-order valence-corrected chi connectivity index (χ2v) is 4.26. The number of hydrogen-bond acceptors (Lipinski definition) is 3. The fraction of sp³-hybridized carbons (Fsp3) is 0.0714. The molecule has 2 aromatic carbocycles. The Morgan fingerprint density at radius 1 is 1.00 bits per heavy atom. The topological polar surface area (TPSA) is 77.8 Å². The number of phenolic OH excluding ortho intramolecular Hbond substituents is 1. The van der Waals surface area contributed by atoms with Crippen LogP contribution in [0.2, 0.25) is 0 Å². The molecule has 3 rings (SSSR count). The number of fused-ring (bicyclic) bond motifs is 3. The molecule has 1 aliphatic carbocycles. The fourth-order valence-corrected chi connectivity index (χ4v) is 2.52. The van der Waals surface area contributed by atoms with Gasteiger partial charge in [-0.2, -0.15) is 0 Å². The number of rotatable bonds is 1. The number of hydrogen-bond donors (Lipinski definition) is 3. The van der Waals surface area contributed by atoms with Gasteiger partial charge in [-0.05, 0) is 11.6 Å². The zero-order chi connectivity index (χ0) is 12.9. The number of benzene rings is 2. The molecular formula is C14H10O4. The highest BCUT2D eigenvalue weighted by molar-refractivity contribution is 5.96. The summed E-state index contributed by atoms with van der Waals surface area (Å²) in [6, 6.07) is 11.2. The minimum atomic E-state index is -2.09. The van der Waals surface area contributed by atoms with Crippen LogP contribution in [0.4, 0.5) is 0 Å². The molecule has 0 fully saturated rings. The smallest absolute Gasteiger partial charge is 0.345 e. The fourth-order valence-electron chi connectivity index (χ4n) is 2.52. The standard InChI is InChI=1S/C14H10O4/c15-11-7-3-6-10-12(11)8-4-1-2-5-9(8)14(10,18)13(16)17/h1-7,15,18H,(H,16,17). The Balaban J connectivity index is 2.47. The first-order chi connectivity index (χ1) is 8.56. The van der Waals surface area contributed by atoms with E-state index in [9.17, 15) is 20.1 Å². The van der Waals surface area contributed by atoms with Crippen LogP contribution in [0.1, 0.15) is 11.1 Å². The lowest BCUT2D eigenvalue weighted by atomic mass is 9.92. The van der Waals surface area contributed by atoms with Crippen molar-refractivity contribution in [1.82, 2.24) is 0 Å². The number of aliphatic carboxylic acids is 1. The Morgan fingerprint density at radius 3 is 2.39 bits per heavy atom. The number of phenols is 1. The van der Waals surface area contributed by atoms with Crippen molar-refractivity contribution in [3.8, 4) is 16.9 Å². The number of aromatic hydroxyl groups is 1. The van der Waals surface area contributed by atoms with E-state index in [-0.39, 0.29) is 16.9 Å². The van der Waals surface area contributed by atoms with Crippen molar-refractivity contribution >= 4 is 5.97 Å². The van der Waals surface area contributed by atoms with E-state index in [4.69, 9.17) is 0 Å². The Kier molecular flexibility index (Phi) is 2.00. The third-order valence-corrected chi connectivity index (χ3v) is 3.33. The minimum Gasteiger partial charge on any atom is -0.507 e. The van der Waals surface area contributed by atoms with Crippen LogP contribution in [-0.2, 0) is 10.4 Å². The van der Waals surface area contributed by atoms with Gasteiger partial charge in [-0.15, -0.1) is 0 Å². The summed E-state index contributed by atoms with van der Waals surface area (Å²) in [7, 11) is 0. The lowest BCUT2D eigenvalue weighted by Crippen LogP contribution is -2.34. The molecule has 0 radical (unpaired) electrons.